The van der Waals surface area contributed by atoms with E-state index in [2.05, 4.69) is 42.9 Å². The molecular weight excluding hydrogens is 448 g/mol. The molecule has 0 fully saturated rings. The van der Waals surface area contributed by atoms with Crippen LogP contribution in [0.25, 0.3) is 0 Å². The first-order chi connectivity index (χ1) is 16.2. The number of benzene rings is 1. The van der Waals surface area contributed by atoms with Crippen LogP contribution < -0.4 is 10.2 Å². The number of pyridine rings is 1. The molecule has 1 aliphatic rings. The number of anilines is 2. The summed E-state index contributed by atoms with van der Waals surface area (Å²) in [4.78, 5) is 6.75. The lowest BCUT2D eigenvalue weighted by atomic mass is 10.0. The van der Waals surface area contributed by atoms with Crippen molar-refractivity contribution in [3.63, 3.8) is 0 Å². The van der Waals surface area contributed by atoms with E-state index in [0.717, 1.165) is 42.6 Å². The molecule has 188 valence electrons. The summed E-state index contributed by atoms with van der Waals surface area (Å²) in [5, 5.41) is 3.42. The average Bonchev–Trinajstić information content (AvgIpc) is 3.12. The first-order valence-corrected chi connectivity index (χ1v) is 13.8. The van der Waals surface area contributed by atoms with E-state index in [1.54, 1.807) is 25.4 Å². The molecule has 0 saturated heterocycles. The van der Waals surface area contributed by atoms with Crippen molar-refractivity contribution >= 4 is 21.4 Å². The van der Waals surface area contributed by atoms with Gasteiger partial charge < -0.3 is 15.0 Å². The number of aromatic nitrogens is 1. The first kappa shape index (κ1) is 26.4. The van der Waals surface area contributed by atoms with Crippen molar-refractivity contribution in [2.24, 2.45) is 5.92 Å². The minimum Gasteiger partial charge on any atom is -0.380 e. The minimum absolute atomic E-state index is 0.142. The lowest BCUT2D eigenvalue weighted by molar-refractivity contribution is 0.0836. The van der Waals surface area contributed by atoms with Crippen LogP contribution in [0.1, 0.15) is 58.9 Å². The second-order valence-electron chi connectivity index (χ2n) is 9.57. The Morgan fingerprint density at radius 1 is 1.18 bits per heavy atom. The number of nitrogens with zero attached hydrogens (tertiary/aromatic N) is 3. The number of nitrogens with one attached hydrogen (secondary N) is 1. The molecule has 2 heterocycles. The molecule has 0 bridgehead atoms. The van der Waals surface area contributed by atoms with Crippen molar-refractivity contribution < 1.29 is 13.2 Å². The van der Waals surface area contributed by atoms with Gasteiger partial charge in [0, 0.05) is 32.4 Å². The third kappa shape index (κ3) is 6.49. The zero-order chi connectivity index (χ0) is 24.7. The maximum absolute atomic E-state index is 13.4. The number of rotatable bonds is 13. The Balaban J connectivity index is 1.68. The highest BCUT2D eigenvalue weighted by Crippen LogP contribution is 2.34. The van der Waals surface area contributed by atoms with E-state index in [4.69, 9.17) is 4.74 Å². The first-order valence-electron chi connectivity index (χ1n) is 12.4. The van der Waals surface area contributed by atoms with Gasteiger partial charge in [-0.3, -0.25) is 4.98 Å². The molecule has 0 amide bonds. The van der Waals surface area contributed by atoms with Gasteiger partial charge in [0.15, 0.2) is 0 Å². The van der Waals surface area contributed by atoms with E-state index in [0.29, 0.717) is 30.6 Å². The van der Waals surface area contributed by atoms with Gasteiger partial charge in [-0.15, -0.1) is 0 Å². The fourth-order valence-electron chi connectivity index (χ4n) is 4.35. The van der Waals surface area contributed by atoms with Gasteiger partial charge in [-0.25, -0.2) is 8.42 Å². The summed E-state index contributed by atoms with van der Waals surface area (Å²) < 4.78 is 34.2. The molecule has 0 spiro atoms. The van der Waals surface area contributed by atoms with E-state index in [1.165, 1.54) is 4.31 Å². The van der Waals surface area contributed by atoms with Crippen LogP contribution in [0.5, 0.6) is 0 Å². The van der Waals surface area contributed by atoms with Crippen LogP contribution in [0.4, 0.5) is 11.4 Å². The lowest BCUT2D eigenvalue weighted by Gasteiger charge is -2.29. The highest BCUT2D eigenvalue weighted by atomic mass is 32.2. The third-order valence-corrected chi connectivity index (χ3v) is 8.28. The highest BCUT2D eigenvalue weighted by molar-refractivity contribution is 7.89. The summed E-state index contributed by atoms with van der Waals surface area (Å²) in [5.74, 6) is 0.374. The van der Waals surface area contributed by atoms with Crippen molar-refractivity contribution in [2.75, 3.05) is 30.5 Å². The molecule has 1 N–H and O–H groups in total. The summed E-state index contributed by atoms with van der Waals surface area (Å²) in [6, 6.07) is 9.07. The molecule has 7 nitrogen and oxygen atoms in total. The van der Waals surface area contributed by atoms with Crippen LogP contribution in [0.15, 0.2) is 47.6 Å². The van der Waals surface area contributed by atoms with Crippen molar-refractivity contribution in [2.45, 2.75) is 77.0 Å². The quantitative estimate of drug-likeness (QED) is 0.395. The summed E-state index contributed by atoms with van der Waals surface area (Å²) in [6.07, 6.45) is 7.80. The van der Waals surface area contributed by atoms with Crippen molar-refractivity contribution in [3.8, 4) is 0 Å². The van der Waals surface area contributed by atoms with Gasteiger partial charge in [0.2, 0.25) is 10.0 Å². The predicted octanol–water partition coefficient (Wildman–Crippen LogP) is 5.10. The molecule has 2 unspecified atom stereocenters. The molecule has 0 saturated carbocycles. The molecule has 3 rings (SSSR count). The number of fused-ring (bicyclic) bond motifs is 1. The Kier molecular flexibility index (Phi) is 9.33. The smallest absolute Gasteiger partial charge is 0.243 e. The number of hydrogen-bond acceptors (Lipinski definition) is 6. The lowest BCUT2D eigenvalue weighted by Crippen LogP contribution is -2.41. The molecule has 2 aromatic rings. The molecule has 8 heteroatoms. The van der Waals surface area contributed by atoms with E-state index < -0.39 is 10.0 Å². The number of likely N-dealkylation sites (N-methyl/N-ethyl adjacent to an activating group) is 1. The molecular formula is C26H40N4O3S. The molecule has 1 aromatic carbocycles. The maximum Gasteiger partial charge on any atom is 0.243 e. The number of ether oxygens (including phenoxy) is 1. The molecule has 0 radical (unpaired) electrons. The predicted molar refractivity (Wildman–Crippen MR) is 138 cm³/mol. The van der Waals surface area contributed by atoms with Gasteiger partial charge in [-0.2, -0.15) is 4.31 Å². The van der Waals surface area contributed by atoms with Gasteiger partial charge in [-0.1, -0.05) is 45.7 Å². The Hall–Kier alpha value is -2.16. The van der Waals surface area contributed by atoms with Gasteiger partial charge in [-0.05, 0) is 49.4 Å². The molecule has 1 aromatic heterocycles. The molecule has 2 atom stereocenters. The van der Waals surface area contributed by atoms with Gasteiger partial charge in [0.05, 0.1) is 35.2 Å². The fourth-order valence-corrected chi connectivity index (χ4v) is 5.70. The van der Waals surface area contributed by atoms with Crippen LogP contribution in [0.3, 0.4) is 0 Å². The van der Waals surface area contributed by atoms with Crippen molar-refractivity contribution in [1.82, 2.24) is 9.29 Å². The van der Waals surface area contributed by atoms with E-state index in [1.807, 2.05) is 24.4 Å². The summed E-state index contributed by atoms with van der Waals surface area (Å²) >= 11 is 0. The molecule has 34 heavy (non-hydrogen) atoms. The Morgan fingerprint density at radius 2 is 1.91 bits per heavy atom. The van der Waals surface area contributed by atoms with Gasteiger partial charge >= 0.3 is 0 Å². The largest absolute Gasteiger partial charge is 0.380 e. The topological polar surface area (TPSA) is 74.8 Å². The standard InChI is InChI=1S/C26H40N4O3S/c1-6-7-8-15-33-19-23(16-20(2)3)29(5)34(31,32)24-11-9-22(10-12-24)18-30-21(4)28-25-17-27-14-13-26(25)30/h9-14,17,20-21,23,28H,6-8,15-16,18-19H2,1-5H3. The summed E-state index contributed by atoms with van der Waals surface area (Å²) in [7, 11) is -1.94. The van der Waals surface area contributed by atoms with E-state index in [9.17, 15) is 8.42 Å². The molecule has 0 aliphatic carbocycles. The van der Waals surface area contributed by atoms with Gasteiger partial charge in [0.25, 0.3) is 0 Å². The average molecular weight is 489 g/mol. The van der Waals surface area contributed by atoms with Crippen LogP contribution in [0, 0.1) is 5.92 Å². The maximum atomic E-state index is 13.4. The van der Waals surface area contributed by atoms with Crippen LogP contribution in [-0.4, -0.2) is 50.2 Å². The molecule has 1 aliphatic heterocycles. The van der Waals surface area contributed by atoms with Crippen molar-refractivity contribution in [3.05, 3.63) is 48.3 Å². The van der Waals surface area contributed by atoms with E-state index in [-0.39, 0.29) is 12.2 Å². The normalized spacial score (nSPS) is 16.7. The Bertz CT molecular complexity index is 1010. The van der Waals surface area contributed by atoms with Crippen molar-refractivity contribution in [1.29, 1.82) is 0 Å². The number of unbranched alkanes of at least 4 members (excludes halogenated alkanes) is 2. The zero-order valence-electron chi connectivity index (χ0n) is 21.2. The van der Waals surface area contributed by atoms with Crippen LogP contribution in [0.2, 0.25) is 0 Å². The monoisotopic (exact) mass is 488 g/mol. The third-order valence-electron chi connectivity index (χ3n) is 6.35. The van der Waals surface area contributed by atoms with Crippen LogP contribution in [-0.2, 0) is 21.3 Å². The van der Waals surface area contributed by atoms with Crippen LogP contribution >= 0.6 is 0 Å². The Labute approximate surface area is 205 Å². The second-order valence-corrected chi connectivity index (χ2v) is 11.6. The highest BCUT2D eigenvalue weighted by Gasteiger charge is 2.29. The summed E-state index contributed by atoms with van der Waals surface area (Å²) in [5.41, 5.74) is 3.18. The second kappa shape index (κ2) is 12.0. The fraction of sp³-hybridized carbons (Fsp3) is 0.577. The Morgan fingerprint density at radius 3 is 2.59 bits per heavy atom. The minimum atomic E-state index is -3.62. The zero-order valence-corrected chi connectivity index (χ0v) is 22.0. The van der Waals surface area contributed by atoms with Gasteiger partial charge in [0.1, 0.15) is 0 Å². The van der Waals surface area contributed by atoms with E-state index >= 15 is 0 Å². The SMILES string of the molecule is CCCCCOCC(CC(C)C)N(C)S(=O)(=O)c1ccc(CN2c3ccncc3NC2C)cc1. The number of hydrogen-bond donors (Lipinski definition) is 1. The number of sulfonamides is 1. The summed E-state index contributed by atoms with van der Waals surface area (Å²) in [6.45, 7) is 10.3.